The van der Waals surface area contributed by atoms with Gasteiger partial charge in [-0.2, -0.15) is 5.26 Å². The lowest BCUT2D eigenvalue weighted by Crippen LogP contribution is -2.59. The molecule has 0 aliphatic carbocycles. The molecule has 0 aromatic rings. The molecule has 0 N–H and O–H groups in total. The van der Waals surface area contributed by atoms with Gasteiger partial charge in [-0.25, -0.2) is 0 Å². The Morgan fingerprint density at radius 3 is 1.87 bits per heavy atom. The average Bonchev–Trinajstić information content (AvgIpc) is 2.77. The predicted octanol–water partition coefficient (Wildman–Crippen LogP) is 1.87. The van der Waals surface area contributed by atoms with Gasteiger partial charge in [-0.05, 0) is 38.8 Å². The zero-order valence-electron chi connectivity index (χ0n) is 18.8. The van der Waals surface area contributed by atoms with Gasteiger partial charge < -0.3 is 9.80 Å². The number of amides is 2. The van der Waals surface area contributed by atoms with Gasteiger partial charge in [-0.3, -0.25) is 19.4 Å². The van der Waals surface area contributed by atoms with Crippen LogP contribution in [0.1, 0.15) is 40.0 Å². The summed E-state index contributed by atoms with van der Waals surface area (Å²) in [4.78, 5) is 32.8. The van der Waals surface area contributed by atoms with Crippen LogP contribution in [0, 0.1) is 11.3 Å². The highest BCUT2D eigenvalue weighted by Gasteiger charge is 2.34. The van der Waals surface area contributed by atoms with Crippen LogP contribution < -0.4 is 0 Å². The fourth-order valence-corrected chi connectivity index (χ4v) is 4.80. The number of nitriles is 1. The van der Waals surface area contributed by atoms with Gasteiger partial charge in [0.05, 0.1) is 18.5 Å². The van der Waals surface area contributed by atoms with Crippen LogP contribution in [-0.2, 0) is 9.59 Å². The minimum Gasteiger partial charge on any atom is -0.334 e. The molecule has 0 saturated carbocycles. The summed E-state index contributed by atoms with van der Waals surface area (Å²) in [6.45, 7) is 18.5. The van der Waals surface area contributed by atoms with Crippen molar-refractivity contribution in [3.63, 3.8) is 0 Å². The Kier molecular flexibility index (Phi) is 9.07. The van der Waals surface area contributed by atoms with Crippen molar-refractivity contribution in [2.75, 3.05) is 39.3 Å². The summed E-state index contributed by atoms with van der Waals surface area (Å²) in [7, 11) is 0. The highest BCUT2D eigenvalue weighted by atomic mass is 16.2. The van der Waals surface area contributed by atoms with E-state index in [9.17, 15) is 14.9 Å². The Morgan fingerprint density at radius 2 is 1.43 bits per heavy atom. The molecular weight excluding hydrogens is 378 g/mol. The fraction of sp³-hybridized carbons (Fsp3) is 0.696. The number of piperazine rings is 2. The van der Waals surface area contributed by atoms with Crippen LogP contribution in [-0.4, -0.2) is 94.8 Å². The lowest BCUT2D eigenvalue weighted by Gasteiger charge is -2.46. The Hall–Kier alpha value is -2.17. The maximum absolute atomic E-state index is 12.1. The number of nitrogens with zero attached hydrogens (tertiary/aromatic N) is 5. The molecule has 2 fully saturated rings. The molecule has 166 valence electrons. The number of rotatable bonds is 8. The molecule has 2 heterocycles. The number of hydrogen-bond donors (Lipinski definition) is 0. The summed E-state index contributed by atoms with van der Waals surface area (Å²) < 4.78 is 0. The smallest absolute Gasteiger partial charge is 0.246 e. The molecule has 4 atom stereocenters. The van der Waals surface area contributed by atoms with Crippen molar-refractivity contribution in [3.05, 3.63) is 25.3 Å². The minimum atomic E-state index is -0.0894. The van der Waals surface area contributed by atoms with Crippen LogP contribution in [0.5, 0.6) is 0 Å². The molecule has 2 rings (SSSR count). The van der Waals surface area contributed by atoms with Gasteiger partial charge in [0.1, 0.15) is 0 Å². The first-order valence-electron chi connectivity index (χ1n) is 11.1. The van der Waals surface area contributed by atoms with Crippen molar-refractivity contribution in [2.24, 2.45) is 0 Å². The second-order valence-electron chi connectivity index (χ2n) is 8.47. The Morgan fingerprint density at radius 1 is 0.967 bits per heavy atom. The van der Waals surface area contributed by atoms with E-state index in [2.05, 4.69) is 49.8 Å². The zero-order chi connectivity index (χ0) is 22.3. The Balaban J connectivity index is 1.94. The number of carbonyl (C=O) groups excluding carboxylic acids is 2. The summed E-state index contributed by atoms with van der Waals surface area (Å²) in [5.41, 5.74) is 0. The van der Waals surface area contributed by atoms with Gasteiger partial charge in [0, 0.05) is 57.4 Å². The van der Waals surface area contributed by atoms with Crippen molar-refractivity contribution in [1.82, 2.24) is 19.6 Å². The van der Waals surface area contributed by atoms with Gasteiger partial charge >= 0.3 is 0 Å². The molecule has 3 unspecified atom stereocenters. The molecule has 7 heteroatoms. The third-order valence-electron chi connectivity index (χ3n) is 6.67. The lowest BCUT2D eigenvalue weighted by atomic mass is 10.0. The van der Waals surface area contributed by atoms with Crippen LogP contribution in [0.15, 0.2) is 25.3 Å². The summed E-state index contributed by atoms with van der Waals surface area (Å²) in [6, 6.07) is 3.14. The third-order valence-corrected chi connectivity index (χ3v) is 6.67. The maximum atomic E-state index is 12.1. The molecule has 30 heavy (non-hydrogen) atoms. The van der Waals surface area contributed by atoms with Gasteiger partial charge in [-0.1, -0.05) is 20.1 Å². The zero-order valence-corrected chi connectivity index (χ0v) is 18.8. The Bertz CT molecular complexity index is 673. The molecule has 2 aliphatic rings. The van der Waals surface area contributed by atoms with Crippen molar-refractivity contribution >= 4 is 11.8 Å². The molecule has 0 spiro atoms. The van der Waals surface area contributed by atoms with Crippen molar-refractivity contribution in [3.8, 4) is 6.07 Å². The molecule has 0 bridgehead atoms. The van der Waals surface area contributed by atoms with E-state index in [0.29, 0.717) is 25.0 Å². The fourth-order valence-electron chi connectivity index (χ4n) is 4.80. The van der Waals surface area contributed by atoms with E-state index in [1.54, 1.807) is 4.90 Å². The van der Waals surface area contributed by atoms with Crippen molar-refractivity contribution < 1.29 is 9.59 Å². The normalized spacial score (nSPS) is 25.3. The number of carbonyl (C=O) groups is 2. The van der Waals surface area contributed by atoms with E-state index >= 15 is 0 Å². The minimum absolute atomic E-state index is 0.0259. The summed E-state index contributed by atoms with van der Waals surface area (Å²) >= 11 is 0. The van der Waals surface area contributed by atoms with Crippen molar-refractivity contribution in [1.29, 1.82) is 5.26 Å². The standard InChI is InChI=1S/C23H37N5O2/c1-6-20-16-25(11-13-27(20)22(29)7-2)18(4)15-19(5)26-12-14-28(23(30)8-3)21(17-26)9-10-24/h7-8,18-21H,2-3,6,9,11-17H2,1,4-5H3/t18?,19?,20-,21?/m0/s1. The van der Waals surface area contributed by atoms with E-state index in [-0.39, 0.29) is 23.9 Å². The van der Waals surface area contributed by atoms with E-state index in [1.807, 2.05) is 4.90 Å². The van der Waals surface area contributed by atoms with Crippen molar-refractivity contribution in [2.45, 2.75) is 64.2 Å². The van der Waals surface area contributed by atoms with Gasteiger partial charge in [0.2, 0.25) is 11.8 Å². The molecule has 2 amide bonds. The largest absolute Gasteiger partial charge is 0.334 e. The first-order chi connectivity index (χ1) is 14.4. The van der Waals surface area contributed by atoms with Gasteiger partial charge in [-0.15, -0.1) is 0 Å². The van der Waals surface area contributed by atoms with Crippen LogP contribution in [0.3, 0.4) is 0 Å². The third kappa shape index (κ3) is 5.71. The van der Waals surface area contributed by atoms with Crippen LogP contribution in [0.4, 0.5) is 0 Å². The van der Waals surface area contributed by atoms with E-state index < -0.39 is 0 Å². The second-order valence-corrected chi connectivity index (χ2v) is 8.47. The summed E-state index contributed by atoms with van der Waals surface area (Å²) in [5.74, 6) is -0.0635. The Labute approximate surface area is 181 Å². The predicted molar refractivity (Wildman–Crippen MR) is 119 cm³/mol. The first kappa shape index (κ1) is 24.1. The summed E-state index contributed by atoms with van der Waals surface area (Å²) in [6.07, 6.45) is 5.05. The monoisotopic (exact) mass is 415 g/mol. The topological polar surface area (TPSA) is 70.9 Å². The van der Waals surface area contributed by atoms with Crippen LogP contribution >= 0.6 is 0 Å². The molecule has 0 aromatic heterocycles. The van der Waals surface area contributed by atoms with E-state index in [1.165, 1.54) is 12.2 Å². The lowest BCUT2D eigenvalue weighted by molar-refractivity contribution is -0.131. The molecule has 2 aliphatic heterocycles. The molecule has 7 nitrogen and oxygen atoms in total. The highest BCUT2D eigenvalue weighted by molar-refractivity contribution is 5.87. The number of hydrogen-bond acceptors (Lipinski definition) is 5. The van der Waals surface area contributed by atoms with Gasteiger partial charge in [0.15, 0.2) is 0 Å². The van der Waals surface area contributed by atoms with Crippen LogP contribution in [0.25, 0.3) is 0 Å². The first-order valence-corrected chi connectivity index (χ1v) is 11.1. The average molecular weight is 416 g/mol. The molecule has 2 saturated heterocycles. The quantitative estimate of drug-likeness (QED) is 0.566. The maximum Gasteiger partial charge on any atom is 0.246 e. The molecule has 0 aromatic carbocycles. The van der Waals surface area contributed by atoms with Crippen LogP contribution in [0.2, 0.25) is 0 Å². The SMILES string of the molecule is C=CC(=O)N1CCN(C(C)CC(C)N2CCN(C(=O)C=C)[C@@H](CC)C2)CC1CC#N. The van der Waals surface area contributed by atoms with E-state index in [0.717, 1.165) is 45.6 Å². The molecule has 0 radical (unpaired) electrons. The summed E-state index contributed by atoms with van der Waals surface area (Å²) in [5, 5.41) is 9.18. The highest BCUT2D eigenvalue weighted by Crippen LogP contribution is 2.22. The molecular formula is C23H37N5O2. The van der Waals surface area contributed by atoms with E-state index in [4.69, 9.17) is 0 Å². The second kappa shape index (κ2) is 11.3. The van der Waals surface area contributed by atoms with Gasteiger partial charge in [0.25, 0.3) is 0 Å².